The number of hydrogen-bond acceptors (Lipinski definition) is 4. The summed E-state index contributed by atoms with van der Waals surface area (Å²) in [7, 11) is 0. The maximum Gasteiger partial charge on any atom is 0.330 e. The molecule has 0 atom stereocenters. The smallest absolute Gasteiger partial charge is 0.330 e. The third-order valence-electron chi connectivity index (χ3n) is 1.88. The Morgan fingerprint density at radius 1 is 1.06 bits per heavy atom. The molecule has 0 amide bonds. The van der Waals surface area contributed by atoms with Gasteiger partial charge in [0.25, 0.3) is 0 Å². The lowest BCUT2D eigenvalue weighted by atomic mass is 10.4. The molecule has 0 saturated carbocycles. The molecule has 0 fully saturated rings. The first-order valence-electron chi connectivity index (χ1n) is 4.91. The molecule has 1 rings (SSSR count). The average molecular weight is 235 g/mol. The minimum absolute atomic E-state index is 0.125. The Morgan fingerprint density at radius 2 is 1.47 bits per heavy atom. The number of carbonyl (C=O) groups excluding carboxylic acids is 2. The Morgan fingerprint density at radius 3 is 1.82 bits per heavy atom. The molecule has 5 heteroatoms. The summed E-state index contributed by atoms with van der Waals surface area (Å²) in [6.45, 7) is 6.82. The van der Waals surface area contributed by atoms with Gasteiger partial charge in [0.1, 0.15) is 13.2 Å². The maximum absolute atomic E-state index is 10.8. The standard InChI is InChI=1S/C12H13NO4/c1-3-11(14)16-7-9-5-6-10(13-9)8-17-12(15)4-2/h3-6,13H,1-2,7-8H2. The Hall–Kier alpha value is -2.30. The van der Waals surface area contributed by atoms with Gasteiger partial charge in [-0.3, -0.25) is 0 Å². The number of carbonyl (C=O) groups is 2. The second-order valence-electron chi connectivity index (χ2n) is 3.13. The van der Waals surface area contributed by atoms with E-state index in [1.807, 2.05) is 0 Å². The van der Waals surface area contributed by atoms with E-state index in [2.05, 4.69) is 18.1 Å². The molecular formula is C12H13NO4. The number of aromatic nitrogens is 1. The van der Waals surface area contributed by atoms with Gasteiger partial charge in [-0.1, -0.05) is 13.2 Å². The van der Waals surface area contributed by atoms with Crippen LogP contribution in [0, 0.1) is 0 Å². The number of rotatable bonds is 6. The first-order valence-corrected chi connectivity index (χ1v) is 4.91. The van der Waals surface area contributed by atoms with Crippen LogP contribution >= 0.6 is 0 Å². The molecule has 0 saturated heterocycles. The molecule has 1 heterocycles. The van der Waals surface area contributed by atoms with Gasteiger partial charge in [0, 0.05) is 12.2 Å². The van der Waals surface area contributed by atoms with E-state index in [4.69, 9.17) is 9.47 Å². The van der Waals surface area contributed by atoms with Gasteiger partial charge in [-0.05, 0) is 12.1 Å². The van der Waals surface area contributed by atoms with E-state index in [0.717, 1.165) is 12.2 Å². The number of aromatic amines is 1. The van der Waals surface area contributed by atoms with Crippen LogP contribution in [0.15, 0.2) is 37.4 Å². The minimum Gasteiger partial charge on any atom is -0.456 e. The zero-order valence-corrected chi connectivity index (χ0v) is 9.27. The van der Waals surface area contributed by atoms with Gasteiger partial charge >= 0.3 is 11.9 Å². The summed E-state index contributed by atoms with van der Waals surface area (Å²) in [5.41, 5.74) is 1.43. The first-order chi connectivity index (χ1) is 8.15. The normalized spacial score (nSPS) is 9.41. The lowest BCUT2D eigenvalue weighted by molar-refractivity contribution is -0.139. The summed E-state index contributed by atoms with van der Waals surface area (Å²) in [6, 6.07) is 3.49. The predicted octanol–water partition coefficient (Wildman–Crippen LogP) is 1.47. The molecule has 0 aliphatic rings. The molecule has 0 spiro atoms. The fraction of sp³-hybridized carbons (Fsp3) is 0.167. The quantitative estimate of drug-likeness (QED) is 0.599. The molecule has 0 aliphatic carbocycles. The third kappa shape index (κ3) is 4.38. The third-order valence-corrected chi connectivity index (χ3v) is 1.88. The van der Waals surface area contributed by atoms with E-state index in [0.29, 0.717) is 11.4 Å². The SMILES string of the molecule is C=CC(=O)OCc1ccc(COC(=O)C=C)[nH]1. The minimum atomic E-state index is -0.487. The summed E-state index contributed by atoms with van der Waals surface area (Å²) in [4.78, 5) is 24.6. The van der Waals surface area contributed by atoms with Crippen LogP contribution in [0.1, 0.15) is 11.4 Å². The van der Waals surface area contributed by atoms with Crippen LogP contribution in [0.4, 0.5) is 0 Å². The number of hydrogen-bond donors (Lipinski definition) is 1. The van der Waals surface area contributed by atoms with E-state index < -0.39 is 11.9 Å². The van der Waals surface area contributed by atoms with Gasteiger partial charge in [-0.25, -0.2) is 9.59 Å². The van der Waals surface area contributed by atoms with Gasteiger partial charge in [0.05, 0.1) is 11.4 Å². The van der Waals surface area contributed by atoms with E-state index in [9.17, 15) is 9.59 Å². The van der Waals surface area contributed by atoms with E-state index in [1.54, 1.807) is 12.1 Å². The first kappa shape index (κ1) is 12.8. The Labute approximate surface area is 98.7 Å². The van der Waals surface area contributed by atoms with Gasteiger partial charge in [-0.2, -0.15) is 0 Å². The number of esters is 2. The molecule has 1 aromatic heterocycles. The molecule has 0 aromatic carbocycles. The summed E-state index contributed by atoms with van der Waals surface area (Å²) in [5.74, 6) is -0.974. The summed E-state index contributed by atoms with van der Waals surface area (Å²) in [5, 5.41) is 0. The van der Waals surface area contributed by atoms with Crippen LogP contribution in [0.5, 0.6) is 0 Å². The van der Waals surface area contributed by atoms with E-state index >= 15 is 0 Å². The van der Waals surface area contributed by atoms with Crippen molar-refractivity contribution in [1.29, 1.82) is 0 Å². The van der Waals surface area contributed by atoms with Crippen LogP contribution in [0.3, 0.4) is 0 Å². The molecule has 1 aromatic rings. The van der Waals surface area contributed by atoms with Crippen LogP contribution in [-0.2, 0) is 32.3 Å². The van der Waals surface area contributed by atoms with Crippen molar-refractivity contribution in [1.82, 2.24) is 4.98 Å². The highest BCUT2D eigenvalue weighted by atomic mass is 16.5. The van der Waals surface area contributed by atoms with Crippen molar-refractivity contribution < 1.29 is 19.1 Å². The maximum atomic E-state index is 10.8. The summed E-state index contributed by atoms with van der Waals surface area (Å²) >= 11 is 0. The highest BCUT2D eigenvalue weighted by Crippen LogP contribution is 2.05. The van der Waals surface area contributed by atoms with Crippen LogP contribution in [-0.4, -0.2) is 16.9 Å². The number of nitrogens with one attached hydrogen (secondary N) is 1. The molecule has 90 valence electrons. The summed E-state index contributed by atoms with van der Waals surface area (Å²) < 4.78 is 9.65. The fourth-order valence-corrected chi connectivity index (χ4v) is 1.07. The lowest BCUT2D eigenvalue weighted by Gasteiger charge is -2.00. The highest BCUT2D eigenvalue weighted by Gasteiger charge is 2.03. The largest absolute Gasteiger partial charge is 0.456 e. The Kier molecular flexibility index (Phi) is 4.75. The van der Waals surface area contributed by atoms with Crippen molar-refractivity contribution in [3.05, 3.63) is 48.8 Å². The monoisotopic (exact) mass is 235 g/mol. The second-order valence-corrected chi connectivity index (χ2v) is 3.13. The topological polar surface area (TPSA) is 68.4 Å². The predicted molar refractivity (Wildman–Crippen MR) is 60.8 cm³/mol. The fourth-order valence-electron chi connectivity index (χ4n) is 1.07. The van der Waals surface area contributed by atoms with Crippen molar-refractivity contribution in [3.8, 4) is 0 Å². The van der Waals surface area contributed by atoms with E-state index in [1.165, 1.54) is 0 Å². The molecule has 0 unspecified atom stereocenters. The molecule has 0 aliphatic heterocycles. The van der Waals surface area contributed by atoms with Gasteiger partial charge in [-0.15, -0.1) is 0 Å². The van der Waals surface area contributed by atoms with Crippen LogP contribution < -0.4 is 0 Å². The Balaban J connectivity index is 2.42. The molecular weight excluding hydrogens is 222 g/mol. The molecule has 0 bridgehead atoms. The Bertz CT molecular complexity index is 395. The van der Waals surface area contributed by atoms with Crippen molar-refractivity contribution in [2.24, 2.45) is 0 Å². The molecule has 1 N–H and O–H groups in total. The van der Waals surface area contributed by atoms with Crippen LogP contribution in [0.2, 0.25) is 0 Å². The average Bonchev–Trinajstić information content (AvgIpc) is 2.80. The van der Waals surface area contributed by atoms with Crippen molar-refractivity contribution in [2.45, 2.75) is 13.2 Å². The number of H-pyrrole nitrogens is 1. The van der Waals surface area contributed by atoms with Crippen LogP contribution in [0.25, 0.3) is 0 Å². The van der Waals surface area contributed by atoms with Crippen molar-refractivity contribution >= 4 is 11.9 Å². The van der Waals surface area contributed by atoms with Gasteiger partial charge < -0.3 is 14.5 Å². The van der Waals surface area contributed by atoms with Crippen molar-refractivity contribution in [2.75, 3.05) is 0 Å². The molecule has 0 radical (unpaired) electrons. The zero-order valence-electron chi connectivity index (χ0n) is 9.27. The van der Waals surface area contributed by atoms with E-state index in [-0.39, 0.29) is 13.2 Å². The number of ether oxygens (including phenoxy) is 2. The summed E-state index contributed by atoms with van der Waals surface area (Å²) in [6.07, 6.45) is 2.19. The highest BCUT2D eigenvalue weighted by molar-refractivity contribution is 5.81. The second kappa shape index (κ2) is 6.32. The van der Waals surface area contributed by atoms with Crippen molar-refractivity contribution in [3.63, 3.8) is 0 Å². The molecule has 5 nitrogen and oxygen atoms in total. The van der Waals surface area contributed by atoms with Gasteiger partial charge in [0.2, 0.25) is 0 Å². The lowest BCUT2D eigenvalue weighted by Crippen LogP contribution is -2.02. The molecule has 17 heavy (non-hydrogen) atoms. The van der Waals surface area contributed by atoms with Gasteiger partial charge in [0.15, 0.2) is 0 Å². The zero-order chi connectivity index (χ0) is 12.7.